The molecule has 1 aromatic carbocycles. The molecule has 1 heterocycles. The molecule has 1 saturated heterocycles. The summed E-state index contributed by atoms with van der Waals surface area (Å²) in [6, 6.07) is 8.37. The molecule has 110 valence electrons. The molecule has 20 heavy (non-hydrogen) atoms. The lowest BCUT2D eigenvalue weighted by molar-refractivity contribution is -0.135. The third-order valence-corrected chi connectivity index (χ3v) is 3.99. The van der Waals surface area contributed by atoms with Gasteiger partial charge in [0, 0.05) is 31.7 Å². The zero-order chi connectivity index (χ0) is 14.5. The van der Waals surface area contributed by atoms with Crippen LogP contribution < -0.4 is 10.1 Å². The highest BCUT2D eigenvalue weighted by atomic mass is 16.5. The van der Waals surface area contributed by atoms with Gasteiger partial charge in [-0.15, -0.1) is 0 Å². The van der Waals surface area contributed by atoms with Crippen molar-refractivity contribution in [3.63, 3.8) is 0 Å². The van der Waals surface area contributed by atoms with Crippen LogP contribution in [0.5, 0.6) is 5.75 Å². The molecular weight excluding hydrogens is 252 g/mol. The number of rotatable bonds is 4. The number of nitrogens with one attached hydrogen (secondary N) is 1. The van der Waals surface area contributed by atoms with Gasteiger partial charge in [-0.25, -0.2) is 0 Å². The minimum atomic E-state index is 0.103. The van der Waals surface area contributed by atoms with Gasteiger partial charge >= 0.3 is 0 Å². The average molecular weight is 276 g/mol. The Morgan fingerprint density at radius 2 is 2.15 bits per heavy atom. The lowest BCUT2D eigenvalue weighted by atomic mass is 9.94. The van der Waals surface area contributed by atoms with Crippen molar-refractivity contribution >= 4 is 5.91 Å². The molecule has 0 spiro atoms. The first-order chi connectivity index (χ1) is 9.61. The van der Waals surface area contributed by atoms with Gasteiger partial charge in [0.1, 0.15) is 5.75 Å². The summed E-state index contributed by atoms with van der Waals surface area (Å²) in [5, 5.41) is 3.38. The van der Waals surface area contributed by atoms with Crippen molar-refractivity contribution in [2.45, 2.75) is 32.4 Å². The number of amides is 1. The number of nitrogens with zero attached hydrogens (tertiary/aromatic N) is 1. The molecule has 2 unspecified atom stereocenters. The molecule has 1 N–H and O–H groups in total. The first kappa shape index (κ1) is 14.9. The van der Waals surface area contributed by atoms with Gasteiger partial charge < -0.3 is 15.0 Å². The minimum absolute atomic E-state index is 0.103. The van der Waals surface area contributed by atoms with Crippen molar-refractivity contribution in [1.82, 2.24) is 10.2 Å². The number of para-hydroxylation sites is 1. The fourth-order valence-corrected chi connectivity index (χ4v) is 2.69. The average Bonchev–Trinajstić information content (AvgIpc) is 2.48. The van der Waals surface area contributed by atoms with E-state index < -0.39 is 0 Å². The molecule has 4 nitrogen and oxygen atoms in total. The molecule has 0 saturated carbocycles. The second-order valence-corrected chi connectivity index (χ2v) is 5.59. The first-order valence-corrected chi connectivity index (χ1v) is 7.22. The van der Waals surface area contributed by atoms with Crippen LogP contribution in [0.15, 0.2) is 24.3 Å². The summed E-state index contributed by atoms with van der Waals surface area (Å²) in [6.07, 6.45) is 2.04. The number of hydrogen-bond donors (Lipinski definition) is 1. The number of hydrogen-bond acceptors (Lipinski definition) is 3. The Hall–Kier alpha value is -1.55. The van der Waals surface area contributed by atoms with Gasteiger partial charge in [0.25, 0.3) is 0 Å². The lowest BCUT2D eigenvalue weighted by Gasteiger charge is -2.30. The van der Waals surface area contributed by atoms with Gasteiger partial charge in [-0.05, 0) is 25.8 Å². The standard InChI is InChI=1S/C16H24N2O2/c1-12-8-9-13(10-17-12)16(19)18(2)11-14-6-4-5-7-15(14)20-3/h4-7,12-13,17H,8-11H2,1-3H3. The zero-order valence-electron chi connectivity index (χ0n) is 12.6. The molecule has 1 aliphatic rings. The highest BCUT2D eigenvalue weighted by Gasteiger charge is 2.26. The van der Waals surface area contributed by atoms with Gasteiger partial charge in [0.2, 0.25) is 5.91 Å². The molecular formula is C16H24N2O2. The summed E-state index contributed by atoms with van der Waals surface area (Å²) in [4.78, 5) is 14.3. The van der Waals surface area contributed by atoms with Crippen LogP contribution in [0, 0.1) is 5.92 Å². The van der Waals surface area contributed by atoms with Gasteiger partial charge in [-0.3, -0.25) is 4.79 Å². The maximum Gasteiger partial charge on any atom is 0.227 e. The Labute approximate surface area is 121 Å². The second kappa shape index (κ2) is 6.75. The summed E-state index contributed by atoms with van der Waals surface area (Å²) in [6.45, 7) is 3.55. The van der Waals surface area contributed by atoms with Crippen LogP contribution in [-0.4, -0.2) is 37.6 Å². The van der Waals surface area contributed by atoms with Crippen LogP contribution >= 0.6 is 0 Å². The van der Waals surface area contributed by atoms with Crippen molar-refractivity contribution in [3.05, 3.63) is 29.8 Å². The topological polar surface area (TPSA) is 41.6 Å². The van der Waals surface area contributed by atoms with E-state index in [1.54, 1.807) is 12.0 Å². The lowest BCUT2D eigenvalue weighted by Crippen LogP contribution is -2.44. The van der Waals surface area contributed by atoms with Crippen LogP contribution in [0.4, 0.5) is 0 Å². The van der Waals surface area contributed by atoms with Crippen LogP contribution in [0.1, 0.15) is 25.3 Å². The van der Waals surface area contributed by atoms with E-state index in [1.165, 1.54) is 0 Å². The van der Waals surface area contributed by atoms with Gasteiger partial charge in [-0.2, -0.15) is 0 Å². The van der Waals surface area contributed by atoms with E-state index in [-0.39, 0.29) is 11.8 Å². The van der Waals surface area contributed by atoms with Crippen LogP contribution in [0.3, 0.4) is 0 Å². The third-order valence-electron chi connectivity index (χ3n) is 3.99. The van der Waals surface area contributed by atoms with Crippen molar-refractivity contribution < 1.29 is 9.53 Å². The van der Waals surface area contributed by atoms with E-state index in [0.29, 0.717) is 12.6 Å². The Morgan fingerprint density at radius 3 is 2.80 bits per heavy atom. The molecule has 0 bridgehead atoms. The van der Waals surface area contributed by atoms with E-state index in [4.69, 9.17) is 4.74 Å². The van der Waals surface area contributed by atoms with Gasteiger partial charge in [-0.1, -0.05) is 18.2 Å². The van der Waals surface area contributed by atoms with Crippen molar-refractivity contribution in [3.8, 4) is 5.75 Å². The number of carbonyl (C=O) groups excluding carboxylic acids is 1. The Bertz CT molecular complexity index is 454. The predicted molar refractivity (Wildman–Crippen MR) is 79.7 cm³/mol. The SMILES string of the molecule is COc1ccccc1CN(C)C(=O)C1CCC(C)NC1. The molecule has 1 aromatic rings. The molecule has 0 radical (unpaired) electrons. The van der Waals surface area contributed by atoms with Gasteiger partial charge in [0.05, 0.1) is 13.0 Å². The van der Waals surface area contributed by atoms with E-state index in [9.17, 15) is 4.79 Å². The second-order valence-electron chi connectivity index (χ2n) is 5.59. The van der Waals surface area contributed by atoms with Crippen molar-refractivity contribution in [2.24, 2.45) is 5.92 Å². The fraction of sp³-hybridized carbons (Fsp3) is 0.562. The third kappa shape index (κ3) is 3.51. The highest BCUT2D eigenvalue weighted by Crippen LogP contribution is 2.21. The summed E-state index contributed by atoms with van der Waals surface area (Å²) < 4.78 is 5.34. The molecule has 0 aliphatic carbocycles. The van der Waals surface area contributed by atoms with E-state index in [2.05, 4.69) is 12.2 Å². The van der Waals surface area contributed by atoms with E-state index in [1.807, 2.05) is 31.3 Å². The monoisotopic (exact) mass is 276 g/mol. The molecule has 4 heteroatoms. The Morgan fingerprint density at radius 1 is 1.40 bits per heavy atom. The first-order valence-electron chi connectivity index (χ1n) is 7.22. The number of ether oxygens (including phenoxy) is 1. The summed E-state index contributed by atoms with van der Waals surface area (Å²) in [5.41, 5.74) is 1.04. The fourth-order valence-electron chi connectivity index (χ4n) is 2.69. The van der Waals surface area contributed by atoms with Crippen LogP contribution in [-0.2, 0) is 11.3 Å². The molecule has 1 amide bonds. The molecule has 0 aromatic heterocycles. The van der Waals surface area contributed by atoms with Crippen LogP contribution in [0.2, 0.25) is 0 Å². The minimum Gasteiger partial charge on any atom is -0.496 e. The number of carbonyl (C=O) groups is 1. The quantitative estimate of drug-likeness (QED) is 0.915. The number of methoxy groups -OCH3 is 1. The molecule has 2 atom stereocenters. The molecule has 1 aliphatic heterocycles. The van der Waals surface area contributed by atoms with E-state index in [0.717, 1.165) is 30.7 Å². The van der Waals surface area contributed by atoms with Crippen molar-refractivity contribution in [2.75, 3.05) is 20.7 Å². The summed E-state index contributed by atoms with van der Waals surface area (Å²) in [5.74, 6) is 1.16. The zero-order valence-corrected chi connectivity index (χ0v) is 12.6. The van der Waals surface area contributed by atoms with Crippen molar-refractivity contribution in [1.29, 1.82) is 0 Å². The predicted octanol–water partition coefficient (Wildman–Crippen LogP) is 2.04. The van der Waals surface area contributed by atoms with E-state index >= 15 is 0 Å². The smallest absolute Gasteiger partial charge is 0.227 e. The summed E-state index contributed by atoms with van der Waals surface area (Å²) >= 11 is 0. The largest absolute Gasteiger partial charge is 0.496 e. The molecule has 1 fully saturated rings. The van der Waals surface area contributed by atoms with Gasteiger partial charge in [0.15, 0.2) is 0 Å². The number of benzene rings is 1. The highest BCUT2D eigenvalue weighted by molar-refractivity contribution is 5.79. The van der Waals surface area contributed by atoms with Crippen LogP contribution in [0.25, 0.3) is 0 Å². The molecule has 2 rings (SSSR count). The summed E-state index contributed by atoms with van der Waals surface area (Å²) in [7, 11) is 3.53. The normalized spacial score (nSPS) is 22.4. The number of piperidine rings is 1. The Balaban J connectivity index is 1.97. The maximum atomic E-state index is 12.5. The maximum absolute atomic E-state index is 12.5. The Kier molecular flexibility index (Phi) is 5.01.